The van der Waals surface area contributed by atoms with Crippen LogP contribution in [0.5, 0.6) is 5.75 Å². The average molecular weight is 347 g/mol. The van der Waals surface area contributed by atoms with Crippen LogP contribution in [0, 0.1) is 6.92 Å². The number of nitrogens with zero attached hydrogens (tertiary/aromatic N) is 2. The van der Waals surface area contributed by atoms with E-state index in [9.17, 15) is 9.90 Å². The first kappa shape index (κ1) is 18.8. The third-order valence-corrected chi connectivity index (χ3v) is 3.51. The minimum Gasteiger partial charge on any atom is -0.508 e. The SMILES string of the molecule is Cc1cc(O)ccc1Cc1nc(C(C)(C)NC(=O)OC(C)(C)C)no1. The van der Waals surface area contributed by atoms with Crippen LogP contribution in [0.25, 0.3) is 0 Å². The van der Waals surface area contributed by atoms with Crippen molar-refractivity contribution in [1.82, 2.24) is 15.5 Å². The summed E-state index contributed by atoms with van der Waals surface area (Å²) >= 11 is 0. The molecule has 0 atom stereocenters. The maximum atomic E-state index is 12.0. The van der Waals surface area contributed by atoms with Gasteiger partial charge in [0.1, 0.15) is 16.9 Å². The fraction of sp³-hybridized carbons (Fsp3) is 0.500. The van der Waals surface area contributed by atoms with E-state index < -0.39 is 17.2 Å². The van der Waals surface area contributed by atoms with Crippen LogP contribution in [0.2, 0.25) is 0 Å². The molecule has 0 aliphatic carbocycles. The number of aromatic hydroxyl groups is 1. The minimum absolute atomic E-state index is 0.218. The highest BCUT2D eigenvalue weighted by Crippen LogP contribution is 2.21. The molecule has 2 rings (SSSR count). The normalized spacial score (nSPS) is 12.1. The molecule has 0 saturated heterocycles. The van der Waals surface area contributed by atoms with E-state index in [2.05, 4.69) is 15.5 Å². The maximum Gasteiger partial charge on any atom is 0.408 e. The molecule has 1 aromatic heterocycles. The summed E-state index contributed by atoms with van der Waals surface area (Å²) in [6.07, 6.45) is -0.0972. The van der Waals surface area contributed by atoms with Crippen molar-refractivity contribution < 1.29 is 19.2 Å². The number of carbonyl (C=O) groups is 1. The highest BCUT2D eigenvalue weighted by molar-refractivity contribution is 5.68. The van der Waals surface area contributed by atoms with Crippen molar-refractivity contribution in [2.24, 2.45) is 0 Å². The van der Waals surface area contributed by atoms with Gasteiger partial charge in [-0.2, -0.15) is 4.98 Å². The Kier molecular flexibility index (Phi) is 5.06. The Labute approximate surface area is 147 Å². The minimum atomic E-state index is -0.839. The molecule has 2 N–H and O–H groups in total. The largest absolute Gasteiger partial charge is 0.508 e. The van der Waals surface area contributed by atoms with E-state index >= 15 is 0 Å². The third-order valence-electron chi connectivity index (χ3n) is 3.51. The Hall–Kier alpha value is -2.57. The van der Waals surface area contributed by atoms with Crippen LogP contribution in [0.4, 0.5) is 4.79 Å². The molecular formula is C18H25N3O4. The van der Waals surface area contributed by atoms with E-state index in [1.807, 2.05) is 13.0 Å². The summed E-state index contributed by atoms with van der Waals surface area (Å²) in [6, 6.07) is 5.12. The zero-order valence-electron chi connectivity index (χ0n) is 15.5. The van der Waals surface area contributed by atoms with Crippen LogP contribution in [-0.2, 0) is 16.7 Å². The first-order chi connectivity index (χ1) is 11.5. The highest BCUT2D eigenvalue weighted by atomic mass is 16.6. The van der Waals surface area contributed by atoms with Crippen LogP contribution < -0.4 is 5.32 Å². The molecule has 1 aromatic carbocycles. The lowest BCUT2D eigenvalue weighted by molar-refractivity contribution is 0.0465. The molecule has 0 aliphatic heterocycles. The van der Waals surface area contributed by atoms with Crippen molar-refractivity contribution in [1.29, 1.82) is 0 Å². The predicted octanol–water partition coefficient (Wildman–Crippen LogP) is 3.43. The van der Waals surface area contributed by atoms with Gasteiger partial charge in [0, 0.05) is 0 Å². The molecule has 1 amide bonds. The number of alkyl carbamates (subject to hydrolysis) is 1. The highest BCUT2D eigenvalue weighted by Gasteiger charge is 2.31. The van der Waals surface area contributed by atoms with Crippen molar-refractivity contribution in [2.75, 3.05) is 0 Å². The molecule has 0 bridgehead atoms. The molecule has 7 heteroatoms. The maximum absolute atomic E-state index is 12.0. The average Bonchev–Trinajstić information content (AvgIpc) is 2.88. The molecule has 7 nitrogen and oxygen atoms in total. The van der Waals surface area contributed by atoms with Gasteiger partial charge in [0.2, 0.25) is 5.89 Å². The number of ether oxygens (including phenoxy) is 1. The van der Waals surface area contributed by atoms with Gasteiger partial charge in [0.05, 0.1) is 6.42 Å². The van der Waals surface area contributed by atoms with E-state index in [1.54, 1.807) is 46.8 Å². The fourth-order valence-corrected chi connectivity index (χ4v) is 2.24. The van der Waals surface area contributed by atoms with Crippen molar-refractivity contribution in [3.8, 4) is 5.75 Å². The second-order valence-corrected chi connectivity index (χ2v) is 7.55. The number of phenols is 1. The molecule has 25 heavy (non-hydrogen) atoms. The van der Waals surface area contributed by atoms with Gasteiger partial charge in [-0.15, -0.1) is 0 Å². The zero-order chi connectivity index (χ0) is 18.8. The first-order valence-corrected chi connectivity index (χ1v) is 8.09. The summed E-state index contributed by atoms with van der Waals surface area (Å²) in [4.78, 5) is 16.4. The number of aromatic nitrogens is 2. The number of benzene rings is 1. The summed E-state index contributed by atoms with van der Waals surface area (Å²) in [5.41, 5.74) is 0.490. The number of aryl methyl sites for hydroxylation is 1. The van der Waals surface area contributed by atoms with Gasteiger partial charge in [-0.1, -0.05) is 11.2 Å². The van der Waals surface area contributed by atoms with E-state index in [4.69, 9.17) is 9.26 Å². The van der Waals surface area contributed by atoms with E-state index in [1.165, 1.54) is 0 Å². The molecule has 0 saturated carbocycles. The van der Waals surface area contributed by atoms with Crippen molar-refractivity contribution in [3.05, 3.63) is 41.0 Å². The molecule has 0 aliphatic rings. The molecule has 0 fully saturated rings. The Balaban J connectivity index is 2.10. The second-order valence-electron chi connectivity index (χ2n) is 7.55. The number of nitrogens with one attached hydrogen (secondary N) is 1. The van der Waals surface area contributed by atoms with Crippen LogP contribution in [0.1, 0.15) is 57.5 Å². The lowest BCUT2D eigenvalue weighted by Gasteiger charge is -2.26. The van der Waals surface area contributed by atoms with E-state index in [0.717, 1.165) is 11.1 Å². The monoisotopic (exact) mass is 347 g/mol. The van der Waals surface area contributed by atoms with Crippen molar-refractivity contribution in [2.45, 2.75) is 59.1 Å². The number of phenolic OH excluding ortho intramolecular Hbond substituents is 1. The summed E-state index contributed by atoms with van der Waals surface area (Å²) in [7, 11) is 0. The molecule has 2 aromatic rings. The van der Waals surface area contributed by atoms with Gasteiger partial charge in [-0.25, -0.2) is 4.79 Å². The van der Waals surface area contributed by atoms with Crippen LogP contribution in [0.15, 0.2) is 22.7 Å². The van der Waals surface area contributed by atoms with Crippen LogP contribution in [-0.4, -0.2) is 26.9 Å². The molecular weight excluding hydrogens is 322 g/mol. The van der Waals surface area contributed by atoms with E-state index in [-0.39, 0.29) is 5.75 Å². The van der Waals surface area contributed by atoms with Crippen molar-refractivity contribution >= 4 is 6.09 Å². The summed E-state index contributed by atoms with van der Waals surface area (Å²) in [5, 5.41) is 16.2. The topological polar surface area (TPSA) is 97.5 Å². The Morgan fingerprint density at radius 2 is 1.96 bits per heavy atom. The Morgan fingerprint density at radius 1 is 1.28 bits per heavy atom. The van der Waals surface area contributed by atoms with Gasteiger partial charge >= 0.3 is 6.09 Å². The lowest BCUT2D eigenvalue weighted by Crippen LogP contribution is -2.44. The zero-order valence-corrected chi connectivity index (χ0v) is 15.5. The molecule has 0 unspecified atom stereocenters. The summed E-state index contributed by atoms with van der Waals surface area (Å²) in [6.45, 7) is 10.8. The third kappa shape index (κ3) is 5.20. The first-order valence-electron chi connectivity index (χ1n) is 8.09. The number of amides is 1. The van der Waals surface area contributed by atoms with Crippen molar-refractivity contribution in [3.63, 3.8) is 0 Å². The van der Waals surface area contributed by atoms with Gasteiger partial charge in [-0.05, 0) is 64.8 Å². The van der Waals surface area contributed by atoms with Crippen LogP contribution in [0.3, 0.4) is 0 Å². The lowest BCUT2D eigenvalue weighted by atomic mass is 10.0. The molecule has 1 heterocycles. The number of hydrogen-bond acceptors (Lipinski definition) is 6. The Bertz CT molecular complexity index is 760. The summed E-state index contributed by atoms with van der Waals surface area (Å²) in [5.74, 6) is 1.02. The van der Waals surface area contributed by atoms with Gasteiger partial charge in [-0.3, -0.25) is 0 Å². The molecule has 0 radical (unpaired) electrons. The fourth-order valence-electron chi connectivity index (χ4n) is 2.24. The quantitative estimate of drug-likeness (QED) is 0.879. The smallest absolute Gasteiger partial charge is 0.408 e. The molecule has 0 spiro atoms. The van der Waals surface area contributed by atoms with Gasteiger partial charge in [0.25, 0.3) is 0 Å². The Morgan fingerprint density at radius 3 is 2.56 bits per heavy atom. The van der Waals surface area contributed by atoms with Crippen LogP contribution >= 0.6 is 0 Å². The molecule has 136 valence electrons. The van der Waals surface area contributed by atoms with Gasteiger partial charge < -0.3 is 19.7 Å². The second kappa shape index (κ2) is 6.74. The van der Waals surface area contributed by atoms with E-state index in [0.29, 0.717) is 18.1 Å². The number of rotatable bonds is 4. The summed E-state index contributed by atoms with van der Waals surface area (Å²) < 4.78 is 10.6. The number of hydrogen-bond donors (Lipinski definition) is 2. The number of carbonyl (C=O) groups excluding carboxylic acids is 1. The van der Waals surface area contributed by atoms with Gasteiger partial charge in [0.15, 0.2) is 5.82 Å². The predicted molar refractivity (Wildman–Crippen MR) is 92.3 cm³/mol. The standard InChI is InChI=1S/C18H25N3O4/c1-11-9-13(22)8-7-12(11)10-14-19-15(21-25-14)18(5,6)20-16(23)24-17(2,3)4/h7-9,22H,10H2,1-6H3,(H,20,23).